The summed E-state index contributed by atoms with van der Waals surface area (Å²) in [6.45, 7) is 0. The Morgan fingerprint density at radius 2 is 1.53 bits per heavy atom. The monoisotopic (exact) mass is 374 g/mol. The first-order valence-corrected chi connectivity index (χ1v) is 6.99. The molecule has 2 aromatic carbocycles. The van der Waals surface area contributed by atoms with Gasteiger partial charge in [-0.3, -0.25) is 0 Å². The van der Waals surface area contributed by atoms with Gasteiger partial charge in [0.05, 0.1) is 6.10 Å². The minimum atomic E-state index is -0.800. The molecule has 0 heterocycles. The highest BCUT2D eigenvalue weighted by atomic mass is 127. The Morgan fingerprint density at radius 3 is 2.11 bits per heavy atom. The summed E-state index contributed by atoms with van der Waals surface area (Å²) >= 11 is 2.20. The first-order valence-electron chi connectivity index (χ1n) is 5.91. The average Bonchev–Trinajstić information content (AvgIpc) is 2.37. The molecule has 1 atom stereocenters. The van der Waals surface area contributed by atoms with E-state index in [1.165, 1.54) is 18.2 Å². The van der Waals surface area contributed by atoms with Crippen LogP contribution in [0.3, 0.4) is 0 Å². The van der Waals surface area contributed by atoms with Gasteiger partial charge >= 0.3 is 0 Å². The Kier molecular flexibility index (Phi) is 4.87. The minimum Gasteiger partial charge on any atom is -0.392 e. The molecule has 0 saturated heterocycles. The van der Waals surface area contributed by atoms with Crippen LogP contribution in [0.15, 0.2) is 42.5 Å². The van der Waals surface area contributed by atoms with Crippen molar-refractivity contribution < 1.29 is 13.9 Å². The molecule has 0 saturated carbocycles. The zero-order chi connectivity index (χ0) is 13.8. The second-order valence-corrected chi connectivity index (χ2v) is 5.63. The van der Waals surface area contributed by atoms with Crippen molar-refractivity contribution in [2.24, 2.45) is 0 Å². The smallest absolute Gasteiger partial charge is 0.129 e. The van der Waals surface area contributed by atoms with Gasteiger partial charge in [0.2, 0.25) is 0 Å². The van der Waals surface area contributed by atoms with Crippen LogP contribution in [0.1, 0.15) is 11.1 Å². The van der Waals surface area contributed by atoms with E-state index in [0.717, 1.165) is 9.13 Å². The molecule has 0 aliphatic heterocycles. The molecular formula is C15H13F2IO. The quantitative estimate of drug-likeness (QED) is 0.809. The van der Waals surface area contributed by atoms with E-state index >= 15 is 0 Å². The zero-order valence-electron chi connectivity index (χ0n) is 10.1. The molecule has 1 nitrogen and oxygen atoms in total. The van der Waals surface area contributed by atoms with E-state index in [-0.39, 0.29) is 12.0 Å². The topological polar surface area (TPSA) is 20.2 Å². The number of hydrogen-bond acceptors (Lipinski definition) is 1. The lowest BCUT2D eigenvalue weighted by Crippen LogP contribution is -2.16. The van der Waals surface area contributed by atoms with Crippen LogP contribution in [0.2, 0.25) is 0 Å². The highest BCUT2D eigenvalue weighted by Gasteiger charge is 2.14. The van der Waals surface area contributed by atoms with Crippen LogP contribution in [0, 0.1) is 15.2 Å². The summed E-state index contributed by atoms with van der Waals surface area (Å²) in [4.78, 5) is 0. The highest BCUT2D eigenvalue weighted by Crippen LogP contribution is 2.16. The summed E-state index contributed by atoms with van der Waals surface area (Å²) in [5, 5.41) is 9.94. The molecule has 19 heavy (non-hydrogen) atoms. The summed E-state index contributed by atoms with van der Waals surface area (Å²) in [5.41, 5.74) is 0.894. The number of benzene rings is 2. The normalized spacial score (nSPS) is 12.4. The van der Waals surface area contributed by atoms with Crippen molar-refractivity contribution in [1.82, 2.24) is 0 Å². The molecule has 0 aromatic heterocycles. The maximum Gasteiger partial charge on any atom is 0.129 e. The Morgan fingerprint density at radius 1 is 0.947 bits per heavy atom. The molecule has 2 aromatic rings. The summed E-state index contributed by atoms with van der Waals surface area (Å²) < 4.78 is 28.0. The molecule has 0 spiro atoms. The maximum absolute atomic E-state index is 13.5. The number of hydrogen-bond donors (Lipinski definition) is 1. The molecule has 0 amide bonds. The molecule has 0 aliphatic rings. The fourth-order valence-corrected chi connectivity index (χ4v) is 2.29. The van der Waals surface area contributed by atoms with Gasteiger partial charge in [-0.05, 0) is 58.8 Å². The standard InChI is InChI=1S/C15H13F2IO/c16-14-2-1-3-15(17)13(14)9-12(19)8-10-4-6-11(18)7-5-10/h1-7,12,19H,8-9H2. The first kappa shape index (κ1) is 14.4. The third kappa shape index (κ3) is 3.98. The summed E-state index contributed by atoms with van der Waals surface area (Å²) in [5.74, 6) is -1.22. The average molecular weight is 374 g/mol. The maximum atomic E-state index is 13.5. The van der Waals surface area contributed by atoms with Crippen LogP contribution in [0.4, 0.5) is 8.78 Å². The highest BCUT2D eigenvalue weighted by molar-refractivity contribution is 14.1. The van der Waals surface area contributed by atoms with Crippen molar-refractivity contribution in [3.05, 3.63) is 68.8 Å². The van der Waals surface area contributed by atoms with E-state index in [0.29, 0.717) is 6.42 Å². The van der Waals surface area contributed by atoms with E-state index in [4.69, 9.17) is 0 Å². The number of halogens is 3. The van der Waals surface area contributed by atoms with E-state index in [1.807, 2.05) is 24.3 Å². The van der Waals surface area contributed by atoms with Crippen LogP contribution in [0.25, 0.3) is 0 Å². The Labute approximate surface area is 124 Å². The lowest BCUT2D eigenvalue weighted by Gasteiger charge is -2.12. The second-order valence-electron chi connectivity index (χ2n) is 4.39. The van der Waals surface area contributed by atoms with E-state index in [2.05, 4.69) is 22.6 Å². The van der Waals surface area contributed by atoms with Gasteiger partial charge in [-0.1, -0.05) is 18.2 Å². The van der Waals surface area contributed by atoms with Gasteiger partial charge in [-0.15, -0.1) is 0 Å². The Hall–Kier alpha value is -1.01. The summed E-state index contributed by atoms with van der Waals surface area (Å²) in [6, 6.07) is 11.4. The fraction of sp³-hybridized carbons (Fsp3) is 0.200. The molecule has 0 bridgehead atoms. The third-order valence-corrected chi connectivity index (χ3v) is 3.61. The van der Waals surface area contributed by atoms with E-state index in [9.17, 15) is 13.9 Å². The van der Waals surface area contributed by atoms with Crippen molar-refractivity contribution in [1.29, 1.82) is 0 Å². The molecule has 2 rings (SSSR count). The lowest BCUT2D eigenvalue weighted by molar-refractivity contribution is 0.172. The van der Waals surface area contributed by atoms with Crippen molar-refractivity contribution in [2.75, 3.05) is 0 Å². The minimum absolute atomic E-state index is 0.0233. The Balaban J connectivity index is 2.05. The van der Waals surface area contributed by atoms with Crippen LogP contribution in [-0.4, -0.2) is 11.2 Å². The molecular weight excluding hydrogens is 361 g/mol. The Bertz CT molecular complexity index is 534. The van der Waals surface area contributed by atoms with Gasteiger partial charge in [0, 0.05) is 15.6 Å². The molecule has 0 fully saturated rings. The molecule has 100 valence electrons. The molecule has 1 unspecified atom stereocenters. The number of aliphatic hydroxyl groups excluding tert-OH is 1. The van der Waals surface area contributed by atoms with Crippen LogP contribution in [-0.2, 0) is 12.8 Å². The van der Waals surface area contributed by atoms with Crippen molar-refractivity contribution in [2.45, 2.75) is 18.9 Å². The molecule has 0 aliphatic carbocycles. The predicted molar refractivity (Wildman–Crippen MR) is 78.9 cm³/mol. The van der Waals surface area contributed by atoms with Crippen molar-refractivity contribution in [3.8, 4) is 0 Å². The van der Waals surface area contributed by atoms with Gasteiger partial charge in [-0.25, -0.2) is 8.78 Å². The summed E-state index contributed by atoms with van der Waals surface area (Å²) in [7, 11) is 0. The van der Waals surface area contributed by atoms with Crippen LogP contribution >= 0.6 is 22.6 Å². The fourth-order valence-electron chi connectivity index (χ4n) is 1.93. The van der Waals surface area contributed by atoms with Gasteiger partial charge in [-0.2, -0.15) is 0 Å². The van der Waals surface area contributed by atoms with Crippen molar-refractivity contribution >= 4 is 22.6 Å². The lowest BCUT2D eigenvalue weighted by atomic mass is 10.0. The van der Waals surface area contributed by atoms with Crippen LogP contribution < -0.4 is 0 Å². The van der Waals surface area contributed by atoms with Gasteiger partial charge in [0.1, 0.15) is 11.6 Å². The van der Waals surface area contributed by atoms with Crippen LogP contribution in [0.5, 0.6) is 0 Å². The van der Waals surface area contributed by atoms with Gasteiger partial charge < -0.3 is 5.11 Å². The van der Waals surface area contributed by atoms with Gasteiger partial charge in [0.25, 0.3) is 0 Å². The molecule has 0 radical (unpaired) electrons. The van der Waals surface area contributed by atoms with Crippen molar-refractivity contribution in [3.63, 3.8) is 0 Å². The summed E-state index contributed by atoms with van der Waals surface area (Å²) in [6.07, 6.45) is -0.443. The van der Waals surface area contributed by atoms with E-state index < -0.39 is 17.7 Å². The van der Waals surface area contributed by atoms with E-state index in [1.54, 1.807) is 0 Å². The largest absolute Gasteiger partial charge is 0.392 e. The number of aliphatic hydroxyl groups is 1. The zero-order valence-corrected chi connectivity index (χ0v) is 12.3. The third-order valence-electron chi connectivity index (χ3n) is 2.89. The van der Waals surface area contributed by atoms with Gasteiger partial charge in [0.15, 0.2) is 0 Å². The predicted octanol–water partition coefficient (Wildman–Crippen LogP) is 3.72. The first-order chi connectivity index (χ1) is 9.06. The molecule has 4 heteroatoms. The SMILES string of the molecule is OC(Cc1ccc(I)cc1)Cc1c(F)cccc1F. The molecule has 1 N–H and O–H groups in total. The number of rotatable bonds is 4. The second kappa shape index (κ2) is 6.43.